The van der Waals surface area contributed by atoms with Gasteiger partial charge in [-0.05, 0) is 41.3 Å². The zero-order valence-electron chi connectivity index (χ0n) is 19.5. The number of hydrogen-bond donors (Lipinski definition) is 3. The largest absolute Gasteiger partial charge is 0.341 e. The molecule has 0 aliphatic carbocycles. The van der Waals surface area contributed by atoms with E-state index in [1.54, 1.807) is 36.4 Å². The maximum absolute atomic E-state index is 13.0. The van der Waals surface area contributed by atoms with Crippen molar-refractivity contribution in [1.82, 2.24) is 19.4 Å². The number of amides is 1. The highest BCUT2D eigenvalue weighted by atomic mass is 32.2. The van der Waals surface area contributed by atoms with Crippen LogP contribution in [0.1, 0.15) is 40.2 Å². The highest BCUT2D eigenvalue weighted by Gasteiger charge is 2.37. The number of nitrogens with one attached hydrogen (secondary N) is 3. The van der Waals surface area contributed by atoms with Crippen molar-refractivity contribution < 1.29 is 21.6 Å². The number of aromatic amines is 1. The second-order valence-electron chi connectivity index (χ2n) is 8.78. The fourth-order valence-corrected chi connectivity index (χ4v) is 6.69. The number of para-hydroxylation sites is 2. The Morgan fingerprint density at radius 1 is 1.00 bits per heavy atom. The molecule has 37 heavy (non-hydrogen) atoms. The molecule has 190 valence electrons. The van der Waals surface area contributed by atoms with Crippen molar-refractivity contribution in [3.63, 3.8) is 0 Å². The molecule has 1 fully saturated rings. The molecule has 0 saturated carbocycles. The van der Waals surface area contributed by atoms with Crippen molar-refractivity contribution in [2.45, 2.75) is 24.1 Å². The summed E-state index contributed by atoms with van der Waals surface area (Å²) >= 11 is 0. The van der Waals surface area contributed by atoms with Crippen LogP contribution in [0.15, 0.2) is 84.3 Å². The van der Waals surface area contributed by atoms with Crippen LogP contribution in [0.25, 0.3) is 17.1 Å². The van der Waals surface area contributed by atoms with Crippen LogP contribution in [-0.4, -0.2) is 32.7 Å². The summed E-state index contributed by atoms with van der Waals surface area (Å²) in [6, 6.07) is 22.6. The molecule has 1 aliphatic rings. The molecule has 2 heterocycles. The summed E-state index contributed by atoms with van der Waals surface area (Å²) in [5, 5.41) is 0.178. The van der Waals surface area contributed by atoms with Crippen LogP contribution >= 0.6 is 0 Å². The third-order valence-corrected chi connectivity index (χ3v) is 8.88. The van der Waals surface area contributed by atoms with E-state index in [0.717, 1.165) is 22.1 Å². The van der Waals surface area contributed by atoms with Crippen LogP contribution in [0.3, 0.4) is 0 Å². The minimum Gasteiger partial charge on any atom is -0.341 e. The predicted octanol–water partition coefficient (Wildman–Crippen LogP) is 3.33. The Balaban J connectivity index is 1.42. The normalized spacial score (nSPS) is 18.3. The minimum atomic E-state index is -3.84. The molecule has 2 atom stereocenters. The molecule has 0 bridgehead atoms. The van der Waals surface area contributed by atoms with Crippen LogP contribution in [0, 0.1) is 0 Å². The number of rotatable bonds is 8. The molecule has 3 N–H and O–H groups in total. The smallest absolute Gasteiger partial charge is 0.242 e. The fraction of sp³-hybridized carbons (Fsp3) is 0.154. The summed E-state index contributed by atoms with van der Waals surface area (Å²) in [4.78, 5) is 19.4. The average Bonchev–Trinajstić information content (AvgIpc) is 3.43. The first-order chi connectivity index (χ1) is 17.7. The number of hydrogen-bond acceptors (Lipinski definition) is 6. The van der Waals surface area contributed by atoms with Crippen molar-refractivity contribution in [3.8, 4) is 0 Å². The van der Waals surface area contributed by atoms with Gasteiger partial charge in [-0.3, -0.25) is 9.52 Å². The molecule has 1 saturated heterocycles. The lowest BCUT2D eigenvalue weighted by Crippen LogP contribution is -2.29. The van der Waals surface area contributed by atoms with Crippen molar-refractivity contribution in [2.75, 3.05) is 0 Å². The third-order valence-electron chi connectivity index (χ3n) is 6.08. The quantitative estimate of drug-likeness (QED) is 0.316. The van der Waals surface area contributed by atoms with Crippen molar-refractivity contribution >= 4 is 43.1 Å². The fourth-order valence-electron chi connectivity index (χ4n) is 4.25. The first-order valence-corrected chi connectivity index (χ1v) is 14.6. The number of sulfonamides is 2. The van der Waals surface area contributed by atoms with Crippen molar-refractivity contribution in [2.24, 2.45) is 0 Å². The molecule has 0 radical (unpaired) electrons. The van der Waals surface area contributed by atoms with Crippen LogP contribution in [0.5, 0.6) is 0 Å². The first kappa shape index (κ1) is 24.9. The SMILES string of the molecule is O=C1CC(c2ccc(C[C@H](NS(=O)(=O)C=Cc3ccccc3)c3nc4ccccc4[nH]3)cc2)S(=O)(=O)N1. The number of imidazole rings is 1. The third kappa shape index (κ3) is 5.79. The van der Waals surface area contributed by atoms with E-state index in [-0.39, 0.29) is 12.8 Å². The van der Waals surface area contributed by atoms with E-state index in [9.17, 15) is 21.6 Å². The molecule has 11 heteroatoms. The van der Waals surface area contributed by atoms with E-state index in [4.69, 9.17) is 0 Å². The van der Waals surface area contributed by atoms with Gasteiger partial charge in [-0.1, -0.05) is 66.7 Å². The summed E-state index contributed by atoms with van der Waals surface area (Å²) in [5.74, 6) is -0.0767. The Morgan fingerprint density at radius 2 is 1.70 bits per heavy atom. The van der Waals surface area contributed by atoms with E-state index >= 15 is 0 Å². The van der Waals surface area contributed by atoms with Crippen LogP contribution in [0.4, 0.5) is 0 Å². The Morgan fingerprint density at radius 3 is 2.38 bits per heavy atom. The van der Waals surface area contributed by atoms with E-state index in [0.29, 0.717) is 16.9 Å². The molecule has 4 aromatic rings. The Hall–Kier alpha value is -3.80. The van der Waals surface area contributed by atoms with Gasteiger partial charge in [0.1, 0.15) is 11.1 Å². The highest BCUT2D eigenvalue weighted by Crippen LogP contribution is 2.30. The van der Waals surface area contributed by atoms with E-state index < -0.39 is 37.2 Å². The van der Waals surface area contributed by atoms with Gasteiger partial charge in [0.15, 0.2) is 0 Å². The highest BCUT2D eigenvalue weighted by molar-refractivity contribution is 7.92. The summed E-state index contributed by atoms with van der Waals surface area (Å²) in [5.41, 5.74) is 3.49. The lowest BCUT2D eigenvalue weighted by molar-refractivity contribution is -0.118. The Labute approximate surface area is 214 Å². The molecule has 9 nitrogen and oxygen atoms in total. The van der Waals surface area contributed by atoms with Gasteiger partial charge in [-0.15, -0.1) is 0 Å². The summed E-state index contributed by atoms with van der Waals surface area (Å²) in [7, 11) is -7.59. The molecular weight excluding hydrogens is 512 g/mol. The molecule has 1 aliphatic heterocycles. The summed E-state index contributed by atoms with van der Waals surface area (Å²) in [6.07, 6.45) is 1.65. The number of carbonyl (C=O) groups excluding carboxylic acids is 1. The zero-order chi connectivity index (χ0) is 26.0. The van der Waals surface area contributed by atoms with Crippen LogP contribution < -0.4 is 9.44 Å². The Kier molecular flexibility index (Phi) is 6.67. The van der Waals surface area contributed by atoms with Crippen LogP contribution in [-0.2, 0) is 31.3 Å². The van der Waals surface area contributed by atoms with Gasteiger partial charge in [0.25, 0.3) is 0 Å². The van der Waals surface area contributed by atoms with Gasteiger partial charge < -0.3 is 4.98 Å². The maximum atomic E-state index is 13.0. The van der Waals surface area contributed by atoms with Gasteiger partial charge in [0.05, 0.1) is 23.5 Å². The van der Waals surface area contributed by atoms with Gasteiger partial charge >= 0.3 is 0 Å². The standard InChI is InChI=1S/C26H24N4O5S2/c31-25-17-24(37(34,35)30-25)20-12-10-19(11-13-20)16-23(26-27-21-8-4-5-9-22(21)28-26)29-36(32,33)15-14-18-6-2-1-3-7-18/h1-15,23-24,29H,16-17H2,(H,27,28)(H,30,31)/t23-,24?/m0/s1. The van der Waals surface area contributed by atoms with Crippen LogP contribution in [0.2, 0.25) is 0 Å². The molecular formula is C26H24N4O5S2. The second kappa shape index (κ2) is 9.92. The number of nitrogens with zero attached hydrogens (tertiary/aromatic N) is 1. The maximum Gasteiger partial charge on any atom is 0.242 e. The van der Waals surface area contributed by atoms with Gasteiger partial charge in [0.2, 0.25) is 26.0 Å². The number of carbonyl (C=O) groups is 1. The number of fused-ring (bicyclic) bond motifs is 1. The average molecular weight is 537 g/mol. The second-order valence-corrected chi connectivity index (χ2v) is 12.2. The molecule has 1 aromatic heterocycles. The summed E-state index contributed by atoms with van der Waals surface area (Å²) in [6.45, 7) is 0. The molecule has 1 amide bonds. The van der Waals surface area contributed by atoms with Gasteiger partial charge in [0, 0.05) is 5.41 Å². The molecule has 0 spiro atoms. The predicted molar refractivity (Wildman–Crippen MR) is 141 cm³/mol. The number of H-pyrrole nitrogens is 1. The molecule has 1 unspecified atom stereocenters. The van der Waals surface area contributed by atoms with E-state index in [2.05, 4.69) is 14.7 Å². The Bertz CT molecular complexity index is 1650. The lowest BCUT2D eigenvalue weighted by Gasteiger charge is -2.16. The van der Waals surface area contributed by atoms with E-state index in [1.165, 1.54) is 6.08 Å². The first-order valence-electron chi connectivity index (χ1n) is 11.5. The molecule has 5 rings (SSSR count). The monoisotopic (exact) mass is 536 g/mol. The van der Waals surface area contributed by atoms with Gasteiger partial charge in [-0.25, -0.2) is 26.5 Å². The van der Waals surface area contributed by atoms with E-state index in [1.807, 2.05) is 47.2 Å². The lowest BCUT2D eigenvalue weighted by atomic mass is 10.0. The minimum absolute atomic E-state index is 0.128. The van der Waals surface area contributed by atoms with Crippen molar-refractivity contribution in [1.29, 1.82) is 0 Å². The zero-order valence-corrected chi connectivity index (χ0v) is 21.2. The number of benzene rings is 3. The number of aromatic nitrogens is 2. The summed E-state index contributed by atoms with van der Waals surface area (Å²) < 4.78 is 55.1. The topological polar surface area (TPSA) is 138 Å². The van der Waals surface area contributed by atoms with Gasteiger partial charge in [-0.2, -0.15) is 0 Å². The van der Waals surface area contributed by atoms with Crippen molar-refractivity contribution in [3.05, 3.63) is 107 Å². The molecule has 3 aromatic carbocycles.